The highest BCUT2D eigenvalue weighted by Crippen LogP contribution is 2.28. The Balaban J connectivity index is 1.77. The van der Waals surface area contributed by atoms with Gasteiger partial charge < -0.3 is 5.32 Å². The van der Waals surface area contributed by atoms with Crippen LogP contribution in [0.5, 0.6) is 0 Å². The van der Waals surface area contributed by atoms with E-state index in [0.717, 1.165) is 18.3 Å². The first-order chi connectivity index (χ1) is 8.84. The van der Waals surface area contributed by atoms with Gasteiger partial charge in [-0.05, 0) is 38.3 Å². The van der Waals surface area contributed by atoms with Crippen molar-refractivity contribution in [2.24, 2.45) is 5.92 Å². The molecule has 0 bridgehead atoms. The van der Waals surface area contributed by atoms with Crippen molar-refractivity contribution in [3.8, 4) is 5.95 Å². The smallest absolute Gasteiger partial charge is 0.252 e. The first kappa shape index (κ1) is 11.3. The second-order valence-corrected chi connectivity index (χ2v) is 4.65. The first-order valence-electron chi connectivity index (χ1n) is 6.25. The highest BCUT2D eigenvalue weighted by Gasteiger charge is 2.23. The van der Waals surface area contributed by atoms with Gasteiger partial charge in [-0.25, -0.2) is 15.0 Å². The molecule has 2 aromatic heterocycles. The molecule has 0 amide bonds. The molecular formula is C12H16N6. The van der Waals surface area contributed by atoms with E-state index in [4.69, 9.17) is 0 Å². The van der Waals surface area contributed by atoms with Crippen LogP contribution >= 0.6 is 0 Å². The molecule has 1 aliphatic carbocycles. The number of nitrogens with one attached hydrogen (secondary N) is 1. The molecule has 6 nitrogen and oxygen atoms in total. The van der Waals surface area contributed by atoms with Crippen LogP contribution < -0.4 is 5.32 Å². The third-order valence-corrected chi connectivity index (χ3v) is 3.11. The van der Waals surface area contributed by atoms with Crippen molar-refractivity contribution >= 4 is 0 Å². The maximum absolute atomic E-state index is 4.30. The zero-order chi connectivity index (χ0) is 12.4. The Morgan fingerprint density at radius 3 is 2.83 bits per heavy atom. The minimum Gasteiger partial charge on any atom is -0.307 e. The van der Waals surface area contributed by atoms with Gasteiger partial charge in [-0.2, -0.15) is 9.78 Å². The molecule has 1 N–H and O–H groups in total. The van der Waals surface area contributed by atoms with Gasteiger partial charge in [-0.15, -0.1) is 0 Å². The van der Waals surface area contributed by atoms with Crippen molar-refractivity contribution in [1.29, 1.82) is 0 Å². The van der Waals surface area contributed by atoms with Gasteiger partial charge >= 0.3 is 0 Å². The van der Waals surface area contributed by atoms with Crippen molar-refractivity contribution in [3.63, 3.8) is 0 Å². The SMILES string of the molecule is C[C@H](NCC1CC1)c1ncnn1-c1ncccn1. The molecule has 1 aliphatic rings. The maximum atomic E-state index is 4.30. The molecule has 0 aromatic carbocycles. The van der Waals surface area contributed by atoms with Crippen molar-refractivity contribution in [2.75, 3.05) is 6.54 Å². The zero-order valence-electron chi connectivity index (χ0n) is 10.3. The zero-order valence-corrected chi connectivity index (χ0v) is 10.3. The number of nitrogens with zero attached hydrogens (tertiary/aromatic N) is 5. The Hall–Kier alpha value is -1.82. The molecule has 0 unspecified atom stereocenters. The second kappa shape index (κ2) is 4.81. The van der Waals surface area contributed by atoms with Crippen LogP contribution in [0.2, 0.25) is 0 Å². The topological polar surface area (TPSA) is 68.5 Å². The molecule has 1 saturated carbocycles. The van der Waals surface area contributed by atoms with E-state index in [-0.39, 0.29) is 6.04 Å². The van der Waals surface area contributed by atoms with E-state index in [1.54, 1.807) is 29.5 Å². The van der Waals surface area contributed by atoms with E-state index in [9.17, 15) is 0 Å². The molecular weight excluding hydrogens is 228 g/mol. The average molecular weight is 244 g/mol. The van der Waals surface area contributed by atoms with Gasteiger partial charge in [0.15, 0.2) is 5.82 Å². The Labute approximate surface area is 105 Å². The van der Waals surface area contributed by atoms with E-state index in [1.807, 2.05) is 0 Å². The van der Waals surface area contributed by atoms with Crippen molar-refractivity contribution in [1.82, 2.24) is 30.0 Å². The predicted molar refractivity (Wildman–Crippen MR) is 66.1 cm³/mol. The summed E-state index contributed by atoms with van der Waals surface area (Å²) < 4.78 is 1.69. The van der Waals surface area contributed by atoms with Gasteiger partial charge in [0.2, 0.25) is 0 Å². The van der Waals surface area contributed by atoms with E-state index in [1.165, 1.54) is 12.8 Å². The lowest BCUT2D eigenvalue weighted by atomic mass is 10.3. The van der Waals surface area contributed by atoms with Gasteiger partial charge in [0.1, 0.15) is 6.33 Å². The lowest BCUT2D eigenvalue weighted by Crippen LogP contribution is -2.24. The fourth-order valence-electron chi connectivity index (χ4n) is 1.86. The molecule has 2 aromatic rings. The van der Waals surface area contributed by atoms with Crippen LogP contribution in [0.3, 0.4) is 0 Å². The van der Waals surface area contributed by atoms with Crippen LogP contribution in [0.25, 0.3) is 5.95 Å². The van der Waals surface area contributed by atoms with Crippen LogP contribution in [0.4, 0.5) is 0 Å². The second-order valence-electron chi connectivity index (χ2n) is 4.65. The third-order valence-electron chi connectivity index (χ3n) is 3.11. The summed E-state index contributed by atoms with van der Waals surface area (Å²) in [4.78, 5) is 12.7. The van der Waals surface area contributed by atoms with Gasteiger partial charge in [-0.3, -0.25) is 0 Å². The van der Waals surface area contributed by atoms with Crippen LogP contribution in [-0.2, 0) is 0 Å². The summed E-state index contributed by atoms with van der Waals surface area (Å²) in [6.45, 7) is 3.13. The highest BCUT2D eigenvalue weighted by molar-refractivity contribution is 5.12. The van der Waals surface area contributed by atoms with E-state index >= 15 is 0 Å². The summed E-state index contributed by atoms with van der Waals surface area (Å²) in [6.07, 6.45) is 7.63. The Bertz CT molecular complexity index is 504. The molecule has 0 saturated heterocycles. The summed E-state index contributed by atoms with van der Waals surface area (Å²) in [5.41, 5.74) is 0. The van der Waals surface area contributed by atoms with Gasteiger partial charge in [0, 0.05) is 12.4 Å². The molecule has 0 spiro atoms. The van der Waals surface area contributed by atoms with Crippen LogP contribution in [0.15, 0.2) is 24.8 Å². The number of rotatable bonds is 5. The summed E-state index contributed by atoms with van der Waals surface area (Å²) in [5.74, 6) is 2.25. The molecule has 1 atom stereocenters. The van der Waals surface area contributed by atoms with Crippen molar-refractivity contribution in [2.45, 2.75) is 25.8 Å². The Morgan fingerprint density at radius 1 is 1.33 bits per heavy atom. The molecule has 2 heterocycles. The molecule has 18 heavy (non-hydrogen) atoms. The summed E-state index contributed by atoms with van der Waals surface area (Å²) in [6, 6.07) is 1.94. The van der Waals surface area contributed by atoms with Crippen molar-refractivity contribution in [3.05, 3.63) is 30.6 Å². The standard InChI is InChI=1S/C12H16N6/c1-9(15-7-10-3-4-10)11-16-8-17-18(11)12-13-5-2-6-14-12/h2,5-6,8-10,15H,3-4,7H2,1H3/t9-/m0/s1. The molecule has 94 valence electrons. The minimum atomic E-state index is 0.150. The monoisotopic (exact) mass is 244 g/mol. The minimum absolute atomic E-state index is 0.150. The third kappa shape index (κ3) is 2.38. The predicted octanol–water partition coefficient (Wildman–Crippen LogP) is 1.12. The lowest BCUT2D eigenvalue weighted by Gasteiger charge is -2.13. The summed E-state index contributed by atoms with van der Waals surface area (Å²) in [5, 5.41) is 7.67. The van der Waals surface area contributed by atoms with Gasteiger partial charge in [-0.1, -0.05) is 0 Å². The fourth-order valence-corrected chi connectivity index (χ4v) is 1.86. The van der Waals surface area contributed by atoms with Crippen LogP contribution in [0.1, 0.15) is 31.6 Å². The van der Waals surface area contributed by atoms with Gasteiger partial charge in [0.05, 0.1) is 6.04 Å². The molecule has 6 heteroatoms. The van der Waals surface area contributed by atoms with Crippen LogP contribution in [0, 0.1) is 5.92 Å². The number of hydrogen-bond donors (Lipinski definition) is 1. The maximum Gasteiger partial charge on any atom is 0.252 e. The largest absolute Gasteiger partial charge is 0.307 e. The van der Waals surface area contributed by atoms with E-state index in [2.05, 4.69) is 32.3 Å². The Kier molecular flexibility index (Phi) is 3.02. The Morgan fingerprint density at radius 2 is 2.11 bits per heavy atom. The van der Waals surface area contributed by atoms with Crippen molar-refractivity contribution < 1.29 is 0 Å². The van der Waals surface area contributed by atoms with E-state index in [0.29, 0.717) is 5.95 Å². The highest BCUT2D eigenvalue weighted by atomic mass is 15.4. The van der Waals surface area contributed by atoms with Gasteiger partial charge in [0.25, 0.3) is 5.95 Å². The molecule has 0 radical (unpaired) electrons. The lowest BCUT2D eigenvalue weighted by molar-refractivity contribution is 0.512. The van der Waals surface area contributed by atoms with E-state index < -0.39 is 0 Å². The number of hydrogen-bond acceptors (Lipinski definition) is 5. The molecule has 1 fully saturated rings. The molecule has 0 aliphatic heterocycles. The van der Waals surface area contributed by atoms with Crippen LogP contribution in [-0.4, -0.2) is 31.3 Å². The summed E-state index contributed by atoms with van der Waals surface area (Å²) in [7, 11) is 0. The first-order valence-corrected chi connectivity index (χ1v) is 6.25. The molecule has 3 rings (SSSR count). The summed E-state index contributed by atoms with van der Waals surface area (Å²) >= 11 is 0. The average Bonchev–Trinajstić information content (AvgIpc) is 3.11. The fraction of sp³-hybridized carbons (Fsp3) is 0.500. The normalized spacial score (nSPS) is 16.7. The quantitative estimate of drug-likeness (QED) is 0.853. The number of aromatic nitrogens is 5.